The van der Waals surface area contributed by atoms with Gasteiger partial charge in [0.2, 0.25) is 0 Å². The predicted molar refractivity (Wildman–Crippen MR) is 158 cm³/mol. The van der Waals surface area contributed by atoms with Gasteiger partial charge in [-0.05, 0) is 66.1 Å². The lowest BCUT2D eigenvalue weighted by atomic mass is 9.97. The van der Waals surface area contributed by atoms with Crippen molar-refractivity contribution >= 4 is 17.3 Å². The number of piperazine rings is 1. The first-order valence-corrected chi connectivity index (χ1v) is 13.3. The van der Waals surface area contributed by atoms with Crippen molar-refractivity contribution < 1.29 is 23.1 Å². The summed E-state index contributed by atoms with van der Waals surface area (Å²) in [5.41, 5.74) is 12.2. The number of benzene rings is 4. The van der Waals surface area contributed by atoms with Crippen LogP contribution in [0.15, 0.2) is 91.0 Å². The van der Waals surface area contributed by atoms with Gasteiger partial charge in [0, 0.05) is 38.4 Å². The molecule has 9 heteroatoms. The Bertz CT molecular complexity index is 1550. The van der Waals surface area contributed by atoms with Gasteiger partial charge in [0.1, 0.15) is 0 Å². The molecule has 5 rings (SSSR count). The molecule has 1 aliphatic rings. The van der Waals surface area contributed by atoms with Gasteiger partial charge in [0.25, 0.3) is 0 Å². The van der Waals surface area contributed by atoms with Crippen molar-refractivity contribution in [2.24, 2.45) is 0 Å². The lowest BCUT2D eigenvalue weighted by Gasteiger charge is -2.36. The Kier molecular flexibility index (Phi) is 9.50. The quantitative estimate of drug-likeness (QED) is 0.263. The molecule has 0 atom stereocenters. The maximum Gasteiger partial charge on any atom is 0.416 e. The Hall–Kier alpha value is -4.81. The van der Waals surface area contributed by atoms with E-state index < -0.39 is 17.7 Å². The van der Waals surface area contributed by atoms with Gasteiger partial charge < -0.3 is 15.7 Å². The highest BCUT2D eigenvalue weighted by atomic mass is 19.4. The van der Waals surface area contributed by atoms with Crippen molar-refractivity contribution in [3.8, 4) is 17.2 Å². The summed E-state index contributed by atoms with van der Waals surface area (Å²) in [6, 6.07) is 27.0. The Labute approximate surface area is 243 Å². The summed E-state index contributed by atoms with van der Waals surface area (Å²) >= 11 is 0. The molecule has 1 heterocycles. The van der Waals surface area contributed by atoms with E-state index in [1.54, 1.807) is 19.1 Å². The molecule has 4 aromatic rings. The second-order valence-electron chi connectivity index (χ2n) is 10.1. The molecular weight excluding hydrogens is 541 g/mol. The maximum absolute atomic E-state index is 12.5. The van der Waals surface area contributed by atoms with E-state index in [0.717, 1.165) is 56.0 Å². The van der Waals surface area contributed by atoms with Gasteiger partial charge >= 0.3 is 12.1 Å². The largest absolute Gasteiger partial charge is 0.699 e. The molecule has 0 aromatic heterocycles. The van der Waals surface area contributed by atoms with Crippen molar-refractivity contribution in [1.29, 1.82) is 5.26 Å². The van der Waals surface area contributed by atoms with Crippen LogP contribution < -0.4 is 4.90 Å². The number of hydrogen-bond donors (Lipinski definition) is 1. The number of alkyl halides is 3. The number of nitriles is 1. The number of carboxylic acid groups (broad SMARTS) is 1. The fourth-order valence-electron chi connectivity index (χ4n) is 4.76. The molecule has 0 radical (unpaired) electrons. The van der Waals surface area contributed by atoms with Crippen molar-refractivity contribution in [2.75, 3.05) is 31.1 Å². The Morgan fingerprint density at radius 3 is 2.19 bits per heavy atom. The van der Waals surface area contributed by atoms with Crippen molar-refractivity contribution in [3.63, 3.8) is 0 Å². The molecule has 6 nitrogen and oxygen atoms in total. The number of nitrogens with one attached hydrogen (secondary N) is 1. The number of rotatable bonds is 5. The van der Waals surface area contributed by atoms with E-state index in [-0.39, 0.29) is 5.56 Å². The number of halogens is 3. The fraction of sp³-hybridized carbons (Fsp3) is 0.212. The third kappa shape index (κ3) is 7.89. The second kappa shape index (κ2) is 13.2. The number of carbonyl (C=O) groups is 1. The monoisotopic (exact) mass is 571 g/mol. The summed E-state index contributed by atoms with van der Waals surface area (Å²) in [7, 11) is 0. The molecule has 42 heavy (non-hydrogen) atoms. The minimum Gasteiger partial charge on any atom is -0.699 e. The molecule has 1 saturated heterocycles. The zero-order valence-electron chi connectivity index (χ0n) is 23.0. The van der Waals surface area contributed by atoms with Crippen LogP contribution in [-0.4, -0.2) is 42.2 Å². The van der Waals surface area contributed by atoms with Gasteiger partial charge in [-0.1, -0.05) is 54.1 Å². The summed E-state index contributed by atoms with van der Waals surface area (Å²) in [6.45, 7) is 6.71. The lowest BCUT2D eigenvalue weighted by molar-refractivity contribution is -0.137. The van der Waals surface area contributed by atoms with Crippen LogP contribution in [0.5, 0.6) is 0 Å². The number of aromatic carboxylic acids is 1. The van der Waals surface area contributed by atoms with Crippen LogP contribution in [0.4, 0.5) is 24.5 Å². The number of nitrogens with zero attached hydrogens (tertiary/aromatic N) is 3. The molecule has 0 amide bonds. The van der Waals surface area contributed by atoms with E-state index >= 15 is 0 Å². The first-order chi connectivity index (χ1) is 20.0. The van der Waals surface area contributed by atoms with Gasteiger partial charge in [-0.3, -0.25) is 4.90 Å². The van der Waals surface area contributed by atoms with Crippen LogP contribution in [0.1, 0.15) is 32.6 Å². The summed E-state index contributed by atoms with van der Waals surface area (Å²) < 4.78 is 37.5. The average Bonchev–Trinajstić information content (AvgIpc) is 2.98. The molecule has 0 aliphatic carbocycles. The van der Waals surface area contributed by atoms with E-state index in [9.17, 15) is 18.0 Å². The first-order valence-electron chi connectivity index (χ1n) is 13.3. The minimum atomic E-state index is -4.40. The molecular formula is C33H30F3N4O2-. The fourth-order valence-corrected chi connectivity index (χ4v) is 4.76. The third-order valence-corrected chi connectivity index (χ3v) is 7.00. The summed E-state index contributed by atoms with van der Waals surface area (Å²) in [5, 5.41) is 18.1. The summed E-state index contributed by atoms with van der Waals surface area (Å²) in [5.74, 6) is -1.11. The SMILES string of the molecule is Cc1ccc(C(=O)O)c(-c2ccc(C(F)(F)F)cc2)c1.N#Cc1cccc(CN2CCN(c3ccc([NH-])cc3)CC2)c1. The van der Waals surface area contributed by atoms with E-state index in [1.165, 1.54) is 29.4 Å². The van der Waals surface area contributed by atoms with Crippen LogP contribution in [0.3, 0.4) is 0 Å². The molecule has 0 unspecified atom stereocenters. The standard InChI is InChI=1S/C18H19N4.C15H11F3O2/c19-13-15-2-1-3-16(12-15)14-21-8-10-22(11-9-21)18-6-4-17(20)5-7-18;1-9-2-7-12(14(19)20)13(8-9)10-3-5-11(6-4-10)15(16,17)18/h1-7,12,20H,8-11,14H2;2-8H,1H3,(H,19,20)/q-1;. The molecule has 2 N–H and O–H groups in total. The number of carboxylic acids is 1. The van der Waals surface area contributed by atoms with Gasteiger partial charge in [0.05, 0.1) is 22.8 Å². The van der Waals surface area contributed by atoms with Crippen molar-refractivity contribution in [3.05, 3.63) is 125 Å². The number of aryl methyl sites for hydroxylation is 1. The van der Waals surface area contributed by atoms with Gasteiger partial charge in [-0.15, -0.1) is 5.69 Å². The van der Waals surface area contributed by atoms with E-state index in [2.05, 4.69) is 21.9 Å². The van der Waals surface area contributed by atoms with E-state index in [0.29, 0.717) is 16.8 Å². The highest BCUT2D eigenvalue weighted by Crippen LogP contribution is 2.32. The molecule has 216 valence electrons. The average molecular weight is 572 g/mol. The molecule has 1 aliphatic heterocycles. The van der Waals surface area contributed by atoms with Gasteiger partial charge in [0.15, 0.2) is 0 Å². The minimum absolute atomic E-state index is 0.0651. The Morgan fingerprint density at radius 2 is 1.60 bits per heavy atom. The zero-order chi connectivity index (χ0) is 30.3. The summed E-state index contributed by atoms with van der Waals surface area (Å²) in [4.78, 5) is 15.9. The third-order valence-electron chi connectivity index (χ3n) is 7.00. The normalized spacial score (nSPS) is 13.5. The van der Waals surface area contributed by atoms with Crippen LogP contribution in [0.2, 0.25) is 0 Å². The van der Waals surface area contributed by atoms with Crippen molar-refractivity contribution in [2.45, 2.75) is 19.6 Å². The highest BCUT2D eigenvalue weighted by molar-refractivity contribution is 5.96. The Morgan fingerprint density at radius 1 is 0.929 bits per heavy atom. The predicted octanol–water partition coefficient (Wildman–Crippen LogP) is 7.94. The molecule has 0 bridgehead atoms. The van der Waals surface area contributed by atoms with Crippen LogP contribution >= 0.6 is 0 Å². The van der Waals surface area contributed by atoms with E-state index in [4.69, 9.17) is 16.1 Å². The van der Waals surface area contributed by atoms with Gasteiger partial charge in [-0.25, -0.2) is 4.79 Å². The second-order valence-corrected chi connectivity index (χ2v) is 10.1. The Balaban J connectivity index is 0.000000194. The zero-order valence-corrected chi connectivity index (χ0v) is 23.0. The van der Waals surface area contributed by atoms with Crippen LogP contribution in [0, 0.1) is 18.3 Å². The molecule has 4 aromatic carbocycles. The first kappa shape index (κ1) is 30.2. The number of hydrogen-bond acceptors (Lipinski definition) is 4. The molecule has 1 fully saturated rings. The smallest absolute Gasteiger partial charge is 0.416 e. The lowest BCUT2D eigenvalue weighted by Crippen LogP contribution is -2.45. The molecule has 0 spiro atoms. The van der Waals surface area contributed by atoms with Crippen LogP contribution in [0.25, 0.3) is 16.9 Å². The van der Waals surface area contributed by atoms with Crippen molar-refractivity contribution in [1.82, 2.24) is 4.90 Å². The van der Waals surface area contributed by atoms with E-state index in [1.807, 2.05) is 42.5 Å². The number of anilines is 1. The topological polar surface area (TPSA) is 91.4 Å². The van der Waals surface area contributed by atoms with Gasteiger partial charge in [-0.2, -0.15) is 18.4 Å². The summed E-state index contributed by atoms with van der Waals surface area (Å²) in [6.07, 6.45) is -4.40. The van der Waals surface area contributed by atoms with Crippen LogP contribution in [-0.2, 0) is 12.7 Å². The maximum atomic E-state index is 12.5. The highest BCUT2D eigenvalue weighted by Gasteiger charge is 2.30. The molecule has 0 saturated carbocycles.